The molecule has 1 N–H and O–H groups in total. The van der Waals surface area contributed by atoms with Crippen molar-refractivity contribution in [2.45, 2.75) is 90.8 Å². The van der Waals surface area contributed by atoms with E-state index in [4.69, 9.17) is 4.74 Å². The van der Waals surface area contributed by atoms with Crippen LogP contribution in [-0.4, -0.2) is 49.3 Å². The fourth-order valence-corrected chi connectivity index (χ4v) is 5.66. The van der Waals surface area contributed by atoms with Crippen LogP contribution in [0.2, 0.25) is 0 Å². The molecule has 4 aliphatic rings. The summed E-state index contributed by atoms with van der Waals surface area (Å²) >= 11 is 0. The number of piperidine rings is 1. The Kier molecular flexibility index (Phi) is 7.22. The average Bonchev–Trinajstić information content (AvgIpc) is 3.06. The molecule has 0 bridgehead atoms. The normalized spacial score (nSPS) is 38.9. The van der Waals surface area contributed by atoms with Gasteiger partial charge in [-0.25, -0.2) is 0 Å². The summed E-state index contributed by atoms with van der Waals surface area (Å²) in [7, 11) is 0. The third-order valence-corrected chi connectivity index (χ3v) is 7.37. The lowest BCUT2D eigenvalue weighted by Crippen LogP contribution is -2.50. The molecule has 3 heterocycles. The predicted octanol–water partition coefficient (Wildman–Crippen LogP) is 4.32. The smallest absolute Gasteiger partial charge is 0.0625 e. The van der Waals surface area contributed by atoms with Crippen molar-refractivity contribution < 1.29 is 4.74 Å². The minimum Gasteiger partial charge on any atom is -0.378 e. The van der Waals surface area contributed by atoms with E-state index in [1.807, 2.05) is 0 Å². The molecule has 0 spiro atoms. The van der Waals surface area contributed by atoms with Gasteiger partial charge in [-0.3, -0.25) is 4.90 Å². The van der Waals surface area contributed by atoms with Gasteiger partial charge in [0.25, 0.3) is 0 Å². The second kappa shape index (κ2) is 9.19. The average molecular weight is 351 g/mol. The zero-order chi connectivity index (χ0) is 17.8. The van der Waals surface area contributed by atoms with Gasteiger partial charge in [0.05, 0.1) is 13.2 Å². The topological polar surface area (TPSA) is 24.5 Å². The van der Waals surface area contributed by atoms with Crippen LogP contribution in [0.5, 0.6) is 0 Å². The van der Waals surface area contributed by atoms with Gasteiger partial charge in [-0.1, -0.05) is 40.5 Å². The molecule has 25 heavy (non-hydrogen) atoms. The third kappa shape index (κ3) is 4.99. The lowest BCUT2D eigenvalue weighted by atomic mass is 9.76. The molecule has 4 fully saturated rings. The molecule has 0 aromatic heterocycles. The molecule has 5 atom stereocenters. The highest BCUT2D eigenvalue weighted by Crippen LogP contribution is 2.34. The van der Waals surface area contributed by atoms with Crippen LogP contribution in [-0.2, 0) is 4.74 Å². The van der Waals surface area contributed by atoms with E-state index in [9.17, 15) is 0 Å². The minimum atomic E-state index is 0.735. The molecule has 0 aromatic rings. The summed E-state index contributed by atoms with van der Waals surface area (Å²) in [5.41, 5.74) is 0. The monoisotopic (exact) mass is 350 g/mol. The molecular weight excluding hydrogens is 308 g/mol. The zero-order valence-electron chi connectivity index (χ0n) is 17.2. The van der Waals surface area contributed by atoms with Crippen LogP contribution < -0.4 is 5.32 Å². The van der Waals surface area contributed by atoms with E-state index in [0.717, 1.165) is 61.6 Å². The van der Waals surface area contributed by atoms with Crippen LogP contribution in [0.4, 0.5) is 0 Å². The summed E-state index contributed by atoms with van der Waals surface area (Å²) in [5.74, 6) is 3.54. The maximum absolute atomic E-state index is 5.52. The van der Waals surface area contributed by atoms with E-state index >= 15 is 0 Å². The van der Waals surface area contributed by atoms with Crippen molar-refractivity contribution in [3.05, 3.63) is 0 Å². The Bertz CT molecular complexity index is 397. The molecule has 3 saturated heterocycles. The van der Waals surface area contributed by atoms with E-state index in [2.05, 4.69) is 37.9 Å². The van der Waals surface area contributed by atoms with Crippen molar-refractivity contribution in [2.75, 3.05) is 26.3 Å². The lowest BCUT2D eigenvalue weighted by Gasteiger charge is -2.42. The van der Waals surface area contributed by atoms with Crippen molar-refractivity contribution in [3.8, 4) is 0 Å². The van der Waals surface area contributed by atoms with Crippen molar-refractivity contribution in [1.29, 1.82) is 0 Å². The van der Waals surface area contributed by atoms with Crippen LogP contribution in [0.25, 0.3) is 0 Å². The van der Waals surface area contributed by atoms with E-state index in [1.165, 1.54) is 51.5 Å². The Balaban J connectivity index is 0.000000146. The van der Waals surface area contributed by atoms with Crippen molar-refractivity contribution in [1.82, 2.24) is 10.2 Å². The van der Waals surface area contributed by atoms with Crippen LogP contribution in [0.1, 0.15) is 72.6 Å². The minimum absolute atomic E-state index is 0.735. The van der Waals surface area contributed by atoms with Gasteiger partial charge in [0.15, 0.2) is 0 Å². The standard InChI is InChI=1S/C12H23N.C10H19NO/c1-9(2)11-8-7-10-5-3-4-6-12(10)13-11;1-8(2)9-3-4-11-5-6-12-7-10(9)11/h9-13H,3-8H2,1-2H3;8-10H,3-7H2,1-2H3. The number of fused-ring (bicyclic) bond motifs is 2. The van der Waals surface area contributed by atoms with Crippen molar-refractivity contribution >= 4 is 0 Å². The molecule has 1 aliphatic carbocycles. The maximum Gasteiger partial charge on any atom is 0.0625 e. The van der Waals surface area contributed by atoms with Crippen molar-refractivity contribution in [3.63, 3.8) is 0 Å². The number of morpholine rings is 1. The largest absolute Gasteiger partial charge is 0.378 e. The maximum atomic E-state index is 5.52. The van der Waals surface area contributed by atoms with Gasteiger partial charge in [0, 0.05) is 24.7 Å². The molecule has 0 amide bonds. The first-order chi connectivity index (χ1) is 12.1. The first-order valence-corrected chi connectivity index (χ1v) is 11.1. The van der Waals surface area contributed by atoms with Crippen LogP contribution in [0.15, 0.2) is 0 Å². The van der Waals surface area contributed by atoms with Crippen LogP contribution >= 0.6 is 0 Å². The quantitative estimate of drug-likeness (QED) is 0.803. The zero-order valence-corrected chi connectivity index (χ0v) is 17.2. The molecular formula is C22H42N2O. The van der Waals surface area contributed by atoms with Gasteiger partial charge in [-0.15, -0.1) is 0 Å². The van der Waals surface area contributed by atoms with E-state index in [0.29, 0.717) is 0 Å². The van der Waals surface area contributed by atoms with Crippen LogP contribution in [0, 0.1) is 23.7 Å². The highest BCUT2D eigenvalue weighted by Gasteiger charge is 2.37. The first kappa shape index (κ1) is 19.6. The van der Waals surface area contributed by atoms with Crippen molar-refractivity contribution in [2.24, 2.45) is 23.7 Å². The number of rotatable bonds is 2. The first-order valence-electron chi connectivity index (χ1n) is 11.1. The number of nitrogens with one attached hydrogen (secondary N) is 1. The molecule has 3 heteroatoms. The van der Waals surface area contributed by atoms with Gasteiger partial charge < -0.3 is 10.1 Å². The summed E-state index contributed by atoms with van der Waals surface area (Å²) in [5, 5.41) is 3.85. The molecule has 4 rings (SSSR count). The van der Waals surface area contributed by atoms with Crippen LogP contribution in [0.3, 0.4) is 0 Å². The molecule has 146 valence electrons. The molecule has 1 saturated carbocycles. The number of hydrogen-bond acceptors (Lipinski definition) is 3. The molecule has 5 unspecified atom stereocenters. The second-order valence-electron chi connectivity index (χ2n) is 9.62. The van der Waals surface area contributed by atoms with Gasteiger partial charge in [0.1, 0.15) is 0 Å². The summed E-state index contributed by atoms with van der Waals surface area (Å²) in [6, 6.07) is 2.41. The predicted molar refractivity (Wildman–Crippen MR) is 106 cm³/mol. The Morgan fingerprint density at radius 3 is 2.44 bits per heavy atom. The summed E-state index contributed by atoms with van der Waals surface area (Å²) < 4.78 is 5.52. The third-order valence-electron chi connectivity index (χ3n) is 7.37. The molecule has 0 aromatic carbocycles. The highest BCUT2D eigenvalue weighted by molar-refractivity contribution is 4.91. The molecule has 0 radical (unpaired) electrons. The molecule has 3 nitrogen and oxygen atoms in total. The van der Waals surface area contributed by atoms with Gasteiger partial charge >= 0.3 is 0 Å². The SMILES string of the molecule is CC(C)C1CCC2CCCCC2N1.CC(C)C1CCN2CCOCC12. The number of hydrogen-bond donors (Lipinski definition) is 1. The molecule has 3 aliphatic heterocycles. The van der Waals surface area contributed by atoms with Gasteiger partial charge in [-0.05, 0) is 62.3 Å². The number of ether oxygens (including phenoxy) is 1. The fraction of sp³-hybridized carbons (Fsp3) is 1.00. The fourth-order valence-electron chi connectivity index (χ4n) is 5.66. The Morgan fingerprint density at radius 1 is 0.880 bits per heavy atom. The van der Waals surface area contributed by atoms with Gasteiger partial charge in [0.2, 0.25) is 0 Å². The summed E-state index contributed by atoms with van der Waals surface area (Å²) in [6.07, 6.45) is 10.1. The van der Waals surface area contributed by atoms with E-state index in [-0.39, 0.29) is 0 Å². The van der Waals surface area contributed by atoms with E-state index in [1.54, 1.807) is 0 Å². The second-order valence-corrected chi connectivity index (χ2v) is 9.62. The highest BCUT2D eigenvalue weighted by atomic mass is 16.5. The number of nitrogens with zero attached hydrogens (tertiary/aromatic N) is 1. The Hall–Kier alpha value is -0.120. The lowest BCUT2D eigenvalue weighted by molar-refractivity contribution is -0.00473. The summed E-state index contributed by atoms with van der Waals surface area (Å²) in [4.78, 5) is 2.61. The van der Waals surface area contributed by atoms with Gasteiger partial charge in [-0.2, -0.15) is 0 Å². The Labute approximate surface area is 156 Å². The Morgan fingerprint density at radius 2 is 1.68 bits per heavy atom. The van der Waals surface area contributed by atoms with E-state index < -0.39 is 0 Å². The summed E-state index contributed by atoms with van der Waals surface area (Å²) in [6.45, 7) is 13.8.